The Kier molecular flexibility index (Phi) is 4.91. The van der Waals surface area contributed by atoms with Crippen molar-refractivity contribution in [3.63, 3.8) is 0 Å². The summed E-state index contributed by atoms with van der Waals surface area (Å²) in [6, 6.07) is 19.6. The van der Waals surface area contributed by atoms with Gasteiger partial charge in [0.2, 0.25) is 6.17 Å². The van der Waals surface area contributed by atoms with Gasteiger partial charge in [0, 0.05) is 17.2 Å². The van der Waals surface area contributed by atoms with E-state index in [0.29, 0.717) is 11.4 Å². The molecule has 1 amide bonds. The number of carbonyl (C=O) groups is 1. The second-order valence-electron chi connectivity index (χ2n) is 6.96. The van der Waals surface area contributed by atoms with Crippen LogP contribution in [-0.4, -0.2) is 28.0 Å². The lowest BCUT2D eigenvalue weighted by Crippen LogP contribution is -2.32. The van der Waals surface area contributed by atoms with E-state index >= 15 is 0 Å². The van der Waals surface area contributed by atoms with Crippen molar-refractivity contribution in [2.75, 3.05) is 10.6 Å². The van der Waals surface area contributed by atoms with E-state index in [0.717, 1.165) is 23.3 Å². The van der Waals surface area contributed by atoms with Crippen LogP contribution in [0, 0.1) is 11.6 Å². The van der Waals surface area contributed by atoms with E-state index in [9.17, 15) is 13.6 Å². The molecule has 0 spiro atoms. The van der Waals surface area contributed by atoms with Crippen molar-refractivity contribution < 1.29 is 18.0 Å². The summed E-state index contributed by atoms with van der Waals surface area (Å²) in [6.45, 7) is 0. The lowest BCUT2D eigenvalue weighted by molar-refractivity contribution is -0.116. The number of para-hydroxylation sites is 1. The Hall–Kier alpha value is -4.40. The molecule has 1 aliphatic heterocycles. The summed E-state index contributed by atoms with van der Waals surface area (Å²) in [5.74, 6) is -2.15. The number of hydrogen-bond acceptors (Lipinski definition) is 6. The number of rotatable bonds is 4. The normalized spacial score (nSPS) is 15.4. The van der Waals surface area contributed by atoms with E-state index in [1.807, 2.05) is 48.5 Å². The van der Waals surface area contributed by atoms with Gasteiger partial charge in [-0.05, 0) is 18.2 Å². The number of halogens is 2. The number of aromatic nitrogens is 2. The van der Waals surface area contributed by atoms with E-state index in [1.165, 1.54) is 6.07 Å². The molecule has 2 heterocycles. The molecule has 0 unspecified atom stereocenters. The fourth-order valence-electron chi connectivity index (χ4n) is 3.35. The molecule has 32 heavy (non-hydrogen) atoms. The lowest BCUT2D eigenvalue weighted by atomic mass is 10.0. The van der Waals surface area contributed by atoms with Crippen LogP contribution in [0.1, 0.15) is 11.1 Å². The first-order valence-electron chi connectivity index (χ1n) is 9.67. The highest BCUT2D eigenvalue weighted by Gasteiger charge is 2.27. The summed E-state index contributed by atoms with van der Waals surface area (Å²) < 4.78 is 32.7. The summed E-state index contributed by atoms with van der Waals surface area (Å²) in [5.41, 5.74) is 2.74. The predicted octanol–water partition coefficient (Wildman–Crippen LogP) is 4.24. The van der Waals surface area contributed by atoms with Crippen molar-refractivity contribution in [2.45, 2.75) is 6.17 Å². The number of carbonyl (C=O) groups excluding carboxylic acids is 1. The molecule has 2 N–H and O–H groups in total. The molecule has 0 fully saturated rings. The zero-order chi connectivity index (χ0) is 22.1. The molecule has 1 aliphatic rings. The third-order valence-electron chi connectivity index (χ3n) is 4.84. The summed E-state index contributed by atoms with van der Waals surface area (Å²) in [5, 5.41) is 13.2. The number of nitrogens with zero attached hydrogens (tertiary/aromatic N) is 3. The van der Waals surface area contributed by atoms with Gasteiger partial charge < -0.3 is 15.1 Å². The topological polar surface area (TPSA) is 92.4 Å². The molecule has 0 aliphatic carbocycles. The van der Waals surface area contributed by atoms with Gasteiger partial charge in [-0.25, -0.2) is 13.8 Å². The number of benzene rings is 3. The maximum atomic E-state index is 14.0. The van der Waals surface area contributed by atoms with Crippen LogP contribution in [0.5, 0.6) is 0 Å². The van der Waals surface area contributed by atoms with Gasteiger partial charge in [0.15, 0.2) is 0 Å². The van der Waals surface area contributed by atoms with Crippen molar-refractivity contribution in [2.24, 2.45) is 4.99 Å². The van der Waals surface area contributed by atoms with Gasteiger partial charge >= 0.3 is 6.01 Å². The van der Waals surface area contributed by atoms with Gasteiger partial charge in [-0.1, -0.05) is 53.6 Å². The molecule has 5 rings (SSSR count). The molecule has 0 radical (unpaired) electrons. The molecule has 7 nitrogen and oxygen atoms in total. The number of nitrogens with one attached hydrogen (secondary N) is 2. The monoisotopic (exact) mass is 431 g/mol. The molecule has 0 saturated carbocycles. The molecule has 1 atom stereocenters. The van der Waals surface area contributed by atoms with Gasteiger partial charge in [0.1, 0.15) is 11.6 Å². The maximum absolute atomic E-state index is 14.0. The minimum atomic E-state index is -1.09. The average molecular weight is 431 g/mol. The van der Waals surface area contributed by atoms with Crippen LogP contribution in [0.4, 0.5) is 20.5 Å². The Morgan fingerprint density at radius 1 is 0.906 bits per heavy atom. The quantitative estimate of drug-likeness (QED) is 0.504. The SMILES string of the molecule is O=C1Nc2ccccc2C(c2ccccc2)=N[C@@H]1Nc1nnc(-c2ccc(F)cc2F)o1. The van der Waals surface area contributed by atoms with Crippen LogP contribution < -0.4 is 10.6 Å². The van der Waals surface area contributed by atoms with Gasteiger partial charge in [0.05, 0.1) is 17.0 Å². The number of benzodiazepines with no additional fused rings is 1. The Morgan fingerprint density at radius 2 is 1.69 bits per heavy atom. The van der Waals surface area contributed by atoms with E-state index in [4.69, 9.17) is 4.42 Å². The first-order chi connectivity index (χ1) is 15.6. The van der Waals surface area contributed by atoms with Gasteiger partial charge in [-0.15, -0.1) is 5.10 Å². The van der Waals surface area contributed by atoms with Crippen molar-refractivity contribution in [1.82, 2.24) is 10.2 Å². The average Bonchev–Trinajstić information content (AvgIpc) is 3.20. The van der Waals surface area contributed by atoms with Crippen molar-refractivity contribution in [3.8, 4) is 11.5 Å². The van der Waals surface area contributed by atoms with E-state index < -0.39 is 23.7 Å². The van der Waals surface area contributed by atoms with Crippen LogP contribution >= 0.6 is 0 Å². The van der Waals surface area contributed by atoms with Crippen molar-refractivity contribution in [3.05, 3.63) is 95.6 Å². The second-order valence-corrected chi connectivity index (χ2v) is 6.96. The molecular formula is C23H15F2N5O2. The van der Waals surface area contributed by atoms with Crippen LogP contribution in [0.25, 0.3) is 11.5 Å². The molecular weight excluding hydrogens is 416 g/mol. The fourth-order valence-corrected chi connectivity index (χ4v) is 3.35. The van der Waals surface area contributed by atoms with Crippen molar-refractivity contribution in [1.29, 1.82) is 0 Å². The Morgan fingerprint density at radius 3 is 2.50 bits per heavy atom. The number of hydrogen-bond donors (Lipinski definition) is 2. The first kappa shape index (κ1) is 19.6. The molecule has 0 saturated heterocycles. The third kappa shape index (κ3) is 3.71. The summed E-state index contributed by atoms with van der Waals surface area (Å²) in [6.07, 6.45) is -1.09. The number of amides is 1. The Bertz CT molecular complexity index is 1340. The summed E-state index contributed by atoms with van der Waals surface area (Å²) >= 11 is 0. The molecule has 4 aromatic rings. The Labute approximate surface area is 180 Å². The fraction of sp³-hybridized carbons (Fsp3) is 0.0435. The maximum Gasteiger partial charge on any atom is 0.317 e. The first-order valence-corrected chi connectivity index (χ1v) is 9.67. The molecule has 3 aromatic carbocycles. The van der Waals surface area contributed by atoms with Gasteiger partial charge in [0.25, 0.3) is 11.8 Å². The van der Waals surface area contributed by atoms with E-state index in [1.54, 1.807) is 6.07 Å². The van der Waals surface area contributed by atoms with Crippen LogP contribution in [0.2, 0.25) is 0 Å². The lowest BCUT2D eigenvalue weighted by Gasteiger charge is -2.11. The second kappa shape index (κ2) is 8.03. The minimum absolute atomic E-state index is 0.0573. The minimum Gasteiger partial charge on any atom is -0.403 e. The molecule has 0 bridgehead atoms. The number of aliphatic imine (C=N–C) groups is 1. The number of fused-ring (bicyclic) bond motifs is 1. The van der Waals surface area contributed by atoms with Crippen LogP contribution in [0.15, 0.2) is 82.2 Å². The summed E-state index contributed by atoms with van der Waals surface area (Å²) in [7, 11) is 0. The zero-order valence-electron chi connectivity index (χ0n) is 16.4. The largest absolute Gasteiger partial charge is 0.403 e. The van der Waals surface area contributed by atoms with E-state index in [2.05, 4.69) is 25.8 Å². The van der Waals surface area contributed by atoms with Crippen LogP contribution in [0.3, 0.4) is 0 Å². The predicted molar refractivity (Wildman–Crippen MR) is 114 cm³/mol. The molecule has 1 aromatic heterocycles. The summed E-state index contributed by atoms with van der Waals surface area (Å²) in [4.78, 5) is 17.5. The number of anilines is 2. The highest BCUT2D eigenvalue weighted by atomic mass is 19.1. The smallest absolute Gasteiger partial charge is 0.317 e. The standard InChI is InChI=1S/C23H15F2N5O2/c24-14-10-11-15(17(25)12-14)22-29-30-23(32-22)28-20-21(31)26-18-9-5-4-8-16(18)19(27-20)13-6-2-1-3-7-13/h1-12,20H,(H,26,31)(H,28,30)/t20-/m1/s1. The molecule has 9 heteroatoms. The zero-order valence-corrected chi connectivity index (χ0v) is 16.4. The van der Waals surface area contributed by atoms with Gasteiger partial charge in [-0.2, -0.15) is 0 Å². The highest BCUT2D eigenvalue weighted by molar-refractivity contribution is 6.19. The highest BCUT2D eigenvalue weighted by Crippen LogP contribution is 2.26. The molecule has 158 valence electrons. The third-order valence-corrected chi connectivity index (χ3v) is 4.84. The van der Waals surface area contributed by atoms with E-state index in [-0.39, 0.29) is 17.5 Å². The Balaban J connectivity index is 1.50. The van der Waals surface area contributed by atoms with Gasteiger partial charge in [-0.3, -0.25) is 4.79 Å². The van der Waals surface area contributed by atoms with Crippen LogP contribution in [-0.2, 0) is 4.79 Å². The van der Waals surface area contributed by atoms with Crippen molar-refractivity contribution >= 4 is 23.3 Å².